The van der Waals surface area contributed by atoms with Crippen LogP contribution < -0.4 is 0 Å². The molecule has 7 heteroatoms. The molecule has 1 saturated carbocycles. The molecule has 1 aliphatic heterocycles. The molecule has 0 amide bonds. The molecule has 0 bridgehead atoms. The quantitative estimate of drug-likeness (QED) is 0.525. The molecule has 2 aliphatic rings. The molecule has 1 atom stereocenters. The maximum Gasteiger partial charge on any atom is 0.310 e. The molecule has 2 aromatic rings. The van der Waals surface area contributed by atoms with Gasteiger partial charge in [-0.2, -0.15) is 5.10 Å². The summed E-state index contributed by atoms with van der Waals surface area (Å²) < 4.78 is 10.1. The largest absolute Gasteiger partial charge is 0.466 e. The van der Waals surface area contributed by atoms with Crippen LogP contribution in [0.15, 0.2) is 30.3 Å². The molecule has 1 aliphatic carbocycles. The minimum absolute atomic E-state index is 0.0443. The standard InChI is InChI=1S/C21H28N4O2S/c1-2-27-20(26)18-9-6-12-23(14-18)15-25-21(28)24(19(22-25)17-10-11-17)13-16-7-4-3-5-8-16/h3-5,7-8,17-18H,2,6,9-15H2,1H3/t18-/m0/s1. The zero-order valence-electron chi connectivity index (χ0n) is 16.4. The van der Waals surface area contributed by atoms with Gasteiger partial charge in [0.1, 0.15) is 5.82 Å². The van der Waals surface area contributed by atoms with Crippen molar-refractivity contribution < 1.29 is 9.53 Å². The van der Waals surface area contributed by atoms with Crippen LogP contribution in [-0.4, -0.2) is 44.9 Å². The Kier molecular flexibility index (Phi) is 5.92. The molecule has 0 spiro atoms. The summed E-state index contributed by atoms with van der Waals surface area (Å²) in [6.07, 6.45) is 4.28. The van der Waals surface area contributed by atoms with Crippen molar-refractivity contribution in [2.24, 2.45) is 5.92 Å². The van der Waals surface area contributed by atoms with E-state index in [9.17, 15) is 4.79 Å². The molecule has 0 radical (unpaired) electrons. The zero-order valence-corrected chi connectivity index (χ0v) is 17.2. The Labute approximate surface area is 171 Å². The highest BCUT2D eigenvalue weighted by atomic mass is 32.1. The third-order valence-corrected chi connectivity index (χ3v) is 5.97. The van der Waals surface area contributed by atoms with E-state index in [1.165, 1.54) is 18.4 Å². The molecule has 1 aromatic heterocycles. The van der Waals surface area contributed by atoms with Gasteiger partial charge in [0.05, 0.1) is 25.7 Å². The SMILES string of the molecule is CCOC(=O)[C@H]1CCCN(Cn2nc(C3CC3)n(Cc3ccccc3)c2=S)C1. The van der Waals surface area contributed by atoms with E-state index in [0.717, 1.165) is 36.5 Å². The van der Waals surface area contributed by atoms with E-state index in [-0.39, 0.29) is 11.9 Å². The second-order valence-corrected chi connectivity index (χ2v) is 8.16. The number of carbonyl (C=O) groups is 1. The lowest BCUT2D eigenvalue weighted by Crippen LogP contribution is -2.40. The number of ether oxygens (including phenoxy) is 1. The molecule has 1 saturated heterocycles. The summed E-state index contributed by atoms with van der Waals surface area (Å²) >= 11 is 5.80. The van der Waals surface area contributed by atoms with Crippen LogP contribution in [0.1, 0.15) is 49.9 Å². The van der Waals surface area contributed by atoms with E-state index in [1.54, 1.807) is 0 Å². The number of carbonyl (C=O) groups excluding carboxylic acids is 1. The number of piperidine rings is 1. The van der Waals surface area contributed by atoms with Gasteiger partial charge < -0.3 is 4.74 Å². The molecule has 28 heavy (non-hydrogen) atoms. The molecular formula is C21H28N4O2S. The molecule has 2 heterocycles. The molecule has 6 nitrogen and oxygen atoms in total. The van der Waals surface area contributed by atoms with E-state index in [4.69, 9.17) is 22.1 Å². The van der Waals surface area contributed by atoms with Crippen LogP contribution in [0.5, 0.6) is 0 Å². The predicted octanol–water partition coefficient (Wildman–Crippen LogP) is 3.57. The van der Waals surface area contributed by atoms with Gasteiger partial charge in [-0.15, -0.1) is 0 Å². The fourth-order valence-corrected chi connectivity index (χ4v) is 4.19. The lowest BCUT2D eigenvalue weighted by Gasteiger charge is -2.31. The molecule has 0 unspecified atom stereocenters. The van der Waals surface area contributed by atoms with E-state index < -0.39 is 0 Å². The fraction of sp³-hybridized carbons (Fsp3) is 0.571. The van der Waals surface area contributed by atoms with Crippen LogP contribution in [-0.2, 0) is 22.7 Å². The van der Waals surface area contributed by atoms with Gasteiger partial charge in [0, 0.05) is 12.5 Å². The summed E-state index contributed by atoms with van der Waals surface area (Å²) in [6.45, 7) is 5.37. The summed E-state index contributed by atoms with van der Waals surface area (Å²) in [6, 6.07) is 10.4. The molecule has 2 fully saturated rings. The second-order valence-electron chi connectivity index (χ2n) is 7.80. The first kappa shape index (κ1) is 19.3. The van der Waals surface area contributed by atoms with E-state index >= 15 is 0 Å². The lowest BCUT2D eigenvalue weighted by atomic mass is 9.99. The number of nitrogens with zero attached hydrogens (tertiary/aromatic N) is 4. The Morgan fingerprint density at radius 2 is 2.04 bits per heavy atom. The first-order valence-corrected chi connectivity index (χ1v) is 10.7. The Hall–Kier alpha value is -1.99. The summed E-state index contributed by atoms with van der Waals surface area (Å²) in [4.78, 5) is 14.4. The summed E-state index contributed by atoms with van der Waals surface area (Å²) in [7, 11) is 0. The van der Waals surface area contributed by atoms with Crippen LogP contribution in [0.3, 0.4) is 0 Å². The second kappa shape index (κ2) is 8.57. The Morgan fingerprint density at radius 3 is 2.75 bits per heavy atom. The monoisotopic (exact) mass is 400 g/mol. The molecule has 0 N–H and O–H groups in total. The highest BCUT2D eigenvalue weighted by Crippen LogP contribution is 2.39. The first-order valence-electron chi connectivity index (χ1n) is 10.3. The van der Waals surface area contributed by atoms with Gasteiger partial charge in [0.25, 0.3) is 0 Å². The summed E-state index contributed by atoms with van der Waals surface area (Å²) in [5.41, 5.74) is 1.24. The Balaban J connectivity index is 1.51. The third kappa shape index (κ3) is 4.36. The van der Waals surface area contributed by atoms with Crippen LogP contribution in [0.2, 0.25) is 0 Å². The van der Waals surface area contributed by atoms with Gasteiger partial charge in [0.2, 0.25) is 0 Å². The van der Waals surface area contributed by atoms with Crippen molar-refractivity contribution in [3.05, 3.63) is 46.5 Å². The highest BCUT2D eigenvalue weighted by molar-refractivity contribution is 7.71. The molecular weight excluding hydrogens is 372 g/mol. The Bertz CT molecular complexity index is 872. The normalized spacial score (nSPS) is 20.2. The first-order chi connectivity index (χ1) is 13.7. The molecule has 1 aromatic carbocycles. The van der Waals surface area contributed by atoms with Crippen LogP contribution in [0.25, 0.3) is 0 Å². The number of hydrogen-bond donors (Lipinski definition) is 0. The minimum atomic E-state index is -0.0796. The van der Waals surface area contributed by atoms with Gasteiger partial charge in [-0.05, 0) is 56.9 Å². The van der Waals surface area contributed by atoms with Gasteiger partial charge in [-0.1, -0.05) is 30.3 Å². The Morgan fingerprint density at radius 1 is 1.25 bits per heavy atom. The third-order valence-electron chi connectivity index (χ3n) is 5.54. The predicted molar refractivity (Wildman–Crippen MR) is 110 cm³/mol. The number of likely N-dealkylation sites (tertiary alicyclic amines) is 1. The average molecular weight is 401 g/mol. The van der Waals surface area contributed by atoms with E-state index in [0.29, 0.717) is 25.7 Å². The van der Waals surface area contributed by atoms with Crippen molar-refractivity contribution in [2.75, 3.05) is 19.7 Å². The number of hydrogen-bond acceptors (Lipinski definition) is 5. The fourth-order valence-electron chi connectivity index (χ4n) is 3.93. The summed E-state index contributed by atoms with van der Waals surface area (Å²) in [5, 5.41) is 4.89. The topological polar surface area (TPSA) is 52.3 Å². The van der Waals surface area contributed by atoms with Crippen LogP contribution >= 0.6 is 12.2 Å². The van der Waals surface area contributed by atoms with Crippen molar-refractivity contribution in [3.8, 4) is 0 Å². The highest BCUT2D eigenvalue weighted by Gasteiger charge is 2.31. The lowest BCUT2D eigenvalue weighted by molar-refractivity contribution is -0.150. The van der Waals surface area contributed by atoms with Crippen molar-refractivity contribution in [1.82, 2.24) is 19.2 Å². The summed E-state index contributed by atoms with van der Waals surface area (Å²) in [5.74, 6) is 1.51. The smallest absolute Gasteiger partial charge is 0.310 e. The average Bonchev–Trinajstić information content (AvgIpc) is 3.51. The van der Waals surface area contributed by atoms with Crippen LogP contribution in [0.4, 0.5) is 0 Å². The van der Waals surface area contributed by atoms with Gasteiger partial charge in [-0.3, -0.25) is 14.3 Å². The number of esters is 1. The van der Waals surface area contributed by atoms with Crippen molar-refractivity contribution in [1.29, 1.82) is 0 Å². The molecule has 150 valence electrons. The number of aromatic nitrogens is 3. The minimum Gasteiger partial charge on any atom is -0.466 e. The maximum atomic E-state index is 12.1. The maximum absolute atomic E-state index is 12.1. The van der Waals surface area contributed by atoms with Crippen LogP contribution in [0, 0.1) is 10.7 Å². The van der Waals surface area contributed by atoms with Gasteiger partial charge in [-0.25, -0.2) is 4.68 Å². The van der Waals surface area contributed by atoms with E-state index in [2.05, 4.69) is 33.7 Å². The number of rotatable bonds is 7. The zero-order chi connectivity index (χ0) is 19.5. The van der Waals surface area contributed by atoms with Gasteiger partial charge >= 0.3 is 5.97 Å². The van der Waals surface area contributed by atoms with Crippen molar-refractivity contribution in [2.45, 2.75) is 51.7 Å². The number of benzene rings is 1. The van der Waals surface area contributed by atoms with Gasteiger partial charge in [0.15, 0.2) is 4.77 Å². The molecule has 4 rings (SSSR count). The van der Waals surface area contributed by atoms with Crippen molar-refractivity contribution >= 4 is 18.2 Å². The van der Waals surface area contributed by atoms with E-state index in [1.807, 2.05) is 17.7 Å². The van der Waals surface area contributed by atoms with Crippen molar-refractivity contribution in [3.63, 3.8) is 0 Å².